The average Bonchev–Trinajstić information content (AvgIpc) is 2.72. The van der Waals surface area contributed by atoms with Crippen molar-refractivity contribution in [1.82, 2.24) is 0 Å². The summed E-state index contributed by atoms with van der Waals surface area (Å²) in [6.45, 7) is 1.97. The predicted molar refractivity (Wildman–Crippen MR) is 67.6 cm³/mol. The minimum Gasteiger partial charge on any atom is -0.493 e. The fourth-order valence-electron chi connectivity index (χ4n) is 2.31. The van der Waals surface area contributed by atoms with Crippen molar-refractivity contribution < 1.29 is 23.8 Å². The van der Waals surface area contributed by atoms with Gasteiger partial charge in [0.1, 0.15) is 5.92 Å². The summed E-state index contributed by atoms with van der Waals surface area (Å²) in [5.74, 6) is -0.430. The normalized spacial score (nSPS) is 17.0. The van der Waals surface area contributed by atoms with Crippen LogP contribution in [0.3, 0.4) is 0 Å². The van der Waals surface area contributed by atoms with E-state index in [1.807, 2.05) is 0 Å². The van der Waals surface area contributed by atoms with Gasteiger partial charge in [-0.25, -0.2) is 0 Å². The van der Waals surface area contributed by atoms with Gasteiger partial charge >= 0.3 is 5.97 Å². The minimum atomic E-state index is -0.838. The monoisotopic (exact) mass is 264 g/mol. The van der Waals surface area contributed by atoms with E-state index in [0.717, 1.165) is 5.56 Å². The van der Waals surface area contributed by atoms with Crippen LogP contribution in [0.5, 0.6) is 11.5 Å². The molecule has 1 aromatic rings. The van der Waals surface area contributed by atoms with E-state index in [9.17, 15) is 9.59 Å². The van der Waals surface area contributed by atoms with E-state index in [0.29, 0.717) is 17.1 Å². The maximum Gasteiger partial charge on any atom is 0.321 e. The SMILES string of the molecule is CCOC(=O)[C@H]1C(=O)Cc2cc(OC)c(OC)cc21. The Labute approximate surface area is 111 Å². The Balaban J connectivity index is 2.45. The molecular formula is C14H16O5. The lowest BCUT2D eigenvalue weighted by Crippen LogP contribution is -2.20. The van der Waals surface area contributed by atoms with Crippen LogP contribution in [0.15, 0.2) is 12.1 Å². The molecule has 102 valence electrons. The lowest BCUT2D eigenvalue weighted by Gasteiger charge is -2.13. The van der Waals surface area contributed by atoms with E-state index in [-0.39, 0.29) is 18.8 Å². The van der Waals surface area contributed by atoms with E-state index in [2.05, 4.69) is 0 Å². The number of carbonyl (C=O) groups excluding carboxylic acids is 2. The molecule has 0 saturated heterocycles. The number of Topliss-reactive ketones (excluding diaryl/α,β-unsaturated/α-hetero) is 1. The third kappa shape index (κ3) is 2.28. The molecule has 1 aromatic carbocycles. The van der Waals surface area contributed by atoms with Crippen molar-refractivity contribution in [3.63, 3.8) is 0 Å². The molecule has 1 aliphatic rings. The van der Waals surface area contributed by atoms with E-state index in [4.69, 9.17) is 14.2 Å². The molecule has 0 aromatic heterocycles. The van der Waals surface area contributed by atoms with Gasteiger partial charge in [-0.05, 0) is 30.2 Å². The van der Waals surface area contributed by atoms with Gasteiger partial charge in [0.05, 0.1) is 20.8 Å². The molecule has 0 spiro atoms. The van der Waals surface area contributed by atoms with Crippen LogP contribution in [0, 0.1) is 0 Å². The molecule has 0 aliphatic heterocycles. The first-order valence-corrected chi connectivity index (χ1v) is 6.06. The second-order valence-electron chi connectivity index (χ2n) is 4.23. The highest BCUT2D eigenvalue weighted by Crippen LogP contribution is 2.39. The van der Waals surface area contributed by atoms with Gasteiger partial charge in [-0.15, -0.1) is 0 Å². The molecule has 0 radical (unpaired) electrons. The third-order valence-corrected chi connectivity index (χ3v) is 3.17. The summed E-state index contributed by atoms with van der Waals surface area (Å²) in [6, 6.07) is 3.42. The maximum atomic E-state index is 12.0. The van der Waals surface area contributed by atoms with Gasteiger partial charge in [0.2, 0.25) is 0 Å². The number of methoxy groups -OCH3 is 2. The van der Waals surface area contributed by atoms with E-state index in [1.165, 1.54) is 14.2 Å². The fourth-order valence-corrected chi connectivity index (χ4v) is 2.31. The number of esters is 1. The molecule has 5 heteroatoms. The number of benzene rings is 1. The topological polar surface area (TPSA) is 61.8 Å². The molecule has 1 aliphatic carbocycles. The average molecular weight is 264 g/mol. The van der Waals surface area contributed by atoms with Crippen LogP contribution >= 0.6 is 0 Å². The van der Waals surface area contributed by atoms with Crippen molar-refractivity contribution >= 4 is 11.8 Å². The predicted octanol–water partition coefficient (Wildman–Crippen LogP) is 1.48. The Morgan fingerprint density at radius 3 is 2.47 bits per heavy atom. The Kier molecular flexibility index (Phi) is 3.74. The highest BCUT2D eigenvalue weighted by molar-refractivity contribution is 6.08. The number of rotatable bonds is 4. The van der Waals surface area contributed by atoms with Gasteiger partial charge in [-0.1, -0.05) is 0 Å². The van der Waals surface area contributed by atoms with Crippen LogP contribution in [0.25, 0.3) is 0 Å². The molecule has 0 N–H and O–H groups in total. The quantitative estimate of drug-likeness (QED) is 0.609. The summed E-state index contributed by atoms with van der Waals surface area (Å²) in [5.41, 5.74) is 1.45. The van der Waals surface area contributed by atoms with Crippen LogP contribution in [0.2, 0.25) is 0 Å². The molecule has 0 bridgehead atoms. The smallest absolute Gasteiger partial charge is 0.321 e. The van der Waals surface area contributed by atoms with Gasteiger partial charge in [-0.3, -0.25) is 9.59 Å². The fraction of sp³-hybridized carbons (Fsp3) is 0.429. The van der Waals surface area contributed by atoms with Crippen molar-refractivity contribution in [1.29, 1.82) is 0 Å². The molecule has 1 atom stereocenters. The second kappa shape index (κ2) is 5.30. The highest BCUT2D eigenvalue weighted by atomic mass is 16.5. The zero-order valence-electron chi connectivity index (χ0n) is 11.2. The van der Waals surface area contributed by atoms with Gasteiger partial charge in [0, 0.05) is 6.42 Å². The number of ketones is 1. The largest absolute Gasteiger partial charge is 0.493 e. The summed E-state index contributed by atoms with van der Waals surface area (Å²) in [6.07, 6.45) is 0.221. The third-order valence-electron chi connectivity index (χ3n) is 3.17. The lowest BCUT2D eigenvalue weighted by molar-refractivity contribution is -0.147. The van der Waals surface area contributed by atoms with Gasteiger partial charge in [-0.2, -0.15) is 0 Å². The Bertz CT molecular complexity index is 521. The molecule has 0 heterocycles. The standard InChI is InChI=1S/C14H16O5/c1-4-19-14(16)13-9-7-12(18-3)11(17-2)6-8(9)5-10(13)15/h6-7,13H,4-5H2,1-3H3/t13-/m1/s1. The number of carbonyl (C=O) groups is 2. The lowest BCUT2D eigenvalue weighted by atomic mass is 10.0. The van der Waals surface area contributed by atoms with Crippen LogP contribution < -0.4 is 9.47 Å². The maximum absolute atomic E-state index is 12.0. The Hall–Kier alpha value is -2.04. The van der Waals surface area contributed by atoms with Gasteiger partial charge in [0.15, 0.2) is 17.3 Å². The molecular weight excluding hydrogens is 248 g/mol. The minimum absolute atomic E-state index is 0.149. The zero-order chi connectivity index (χ0) is 14.0. The van der Waals surface area contributed by atoms with Crippen molar-refractivity contribution in [2.24, 2.45) is 0 Å². The first kappa shape index (κ1) is 13.4. The summed E-state index contributed by atoms with van der Waals surface area (Å²) < 4.78 is 15.3. The molecule has 0 saturated carbocycles. The molecule has 0 fully saturated rings. The molecule has 19 heavy (non-hydrogen) atoms. The van der Waals surface area contributed by atoms with Crippen LogP contribution in [0.4, 0.5) is 0 Å². The number of ether oxygens (including phenoxy) is 3. The van der Waals surface area contributed by atoms with E-state index in [1.54, 1.807) is 19.1 Å². The van der Waals surface area contributed by atoms with Gasteiger partial charge < -0.3 is 14.2 Å². The number of hydrogen-bond acceptors (Lipinski definition) is 5. The van der Waals surface area contributed by atoms with E-state index < -0.39 is 11.9 Å². The number of fused-ring (bicyclic) bond motifs is 1. The summed E-state index contributed by atoms with van der Waals surface area (Å²) >= 11 is 0. The van der Waals surface area contributed by atoms with Crippen molar-refractivity contribution in [3.8, 4) is 11.5 Å². The van der Waals surface area contributed by atoms with Crippen LogP contribution in [0.1, 0.15) is 24.0 Å². The molecule has 2 rings (SSSR count). The highest BCUT2D eigenvalue weighted by Gasteiger charge is 2.38. The molecule has 5 nitrogen and oxygen atoms in total. The van der Waals surface area contributed by atoms with E-state index >= 15 is 0 Å². The Morgan fingerprint density at radius 1 is 1.26 bits per heavy atom. The summed E-state index contributed by atoms with van der Waals surface area (Å²) in [4.78, 5) is 23.8. The van der Waals surface area contributed by atoms with Gasteiger partial charge in [0.25, 0.3) is 0 Å². The number of hydrogen-bond donors (Lipinski definition) is 0. The molecule has 0 amide bonds. The first-order valence-electron chi connectivity index (χ1n) is 6.06. The van der Waals surface area contributed by atoms with Crippen molar-refractivity contribution in [2.75, 3.05) is 20.8 Å². The second-order valence-corrected chi connectivity index (χ2v) is 4.23. The Morgan fingerprint density at radius 2 is 1.89 bits per heavy atom. The zero-order valence-corrected chi connectivity index (χ0v) is 11.2. The van der Waals surface area contributed by atoms with Crippen LogP contribution in [-0.2, 0) is 20.7 Å². The van der Waals surface area contributed by atoms with Crippen LogP contribution in [-0.4, -0.2) is 32.6 Å². The van der Waals surface area contributed by atoms with Crippen molar-refractivity contribution in [3.05, 3.63) is 23.3 Å². The summed E-state index contributed by atoms with van der Waals surface area (Å²) in [7, 11) is 3.05. The van der Waals surface area contributed by atoms with Crippen molar-refractivity contribution in [2.45, 2.75) is 19.3 Å². The summed E-state index contributed by atoms with van der Waals surface area (Å²) in [5, 5.41) is 0. The first-order chi connectivity index (χ1) is 9.12. The molecule has 0 unspecified atom stereocenters.